The second kappa shape index (κ2) is 7.60. The number of aromatic nitrogens is 1. The highest BCUT2D eigenvalue weighted by Gasteiger charge is 2.17. The predicted molar refractivity (Wildman–Crippen MR) is 94.6 cm³/mol. The fraction of sp³-hybridized carbons (Fsp3) is 0.450. The zero-order valence-corrected chi connectivity index (χ0v) is 14.2. The zero-order chi connectivity index (χ0) is 16.1. The van der Waals surface area contributed by atoms with E-state index in [0.717, 1.165) is 23.9 Å². The molecule has 2 aromatic rings. The van der Waals surface area contributed by atoms with E-state index in [-0.39, 0.29) is 0 Å². The zero-order valence-electron chi connectivity index (χ0n) is 14.2. The molecule has 0 amide bonds. The van der Waals surface area contributed by atoms with Crippen molar-refractivity contribution in [3.63, 3.8) is 0 Å². The average Bonchev–Trinajstić information content (AvgIpc) is 2.63. The van der Waals surface area contributed by atoms with Crippen molar-refractivity contribution in [3.8, 4) is 16.9 Å². The summed E-state index contributed by atoms with van der Waals surface area (Å²) in [6.07, 6.45) is 10.5. The van der Waals surface area contributed by atoms with E-state index < -0.39 is 0 Å². The van der Waals surface area contributed by atoms with Crippen LogP contribution in [-0.4, -0.2) is 30.1 Å². The molecule has 0 saturated heterocycles. The number of ether oxygens (including phenoxy) is 1. The van der Waals surface area contributed by atoms with Gasteiger partial charge >= 0.3 is 0 Å². The van der Waals surface area contributed by atoms with Crippen molar-refractivity contribution in [2.24, 2.45) is 0 Å². The molecule has 1 aliphatic rings. The van der Waals surface area contributed by atoms with E-state index >= 15 is 0 Å². The highest BCUT2D eigenvalue weighted by atomic mass is 16.5. The molecule has 0 atom stereocenters. The van der Waals surface area contributed by atoms with Gasteiger partial charge in [-0.05, 0) is 37.1 Å². The fourth-order valence-corrected chi connectivity index (χ4v) is 3.43. The first-order chi connectivity index (χ1) is 11.3. The Labute approximate surface area is 139 Å². The summed E-state index contributed by atoms with van der Waals surface area (Å²) in [7, 11) is 3.93. The van der Waals surface area contributed by atoms with Crippen molar-refractivity contribution in [3.05, 3.63) is 48.3 Å². The van der Waals surface area contributed by atoms with Crippen LogP contribution in [0.15, 0.2) is 42.7 Å². The summed E-state index contributed by atoms with van der Waals surface area (Å²) in [6, 6.07) is 11.6. The Bertz CT molecular complexity index is 618. The summed E-state index contributed by atoms with van der Waals surface area (Å²) in [4.78, 5) is 6.75. The standard InChI is InChI=1S/C20H26N2O/c1-22(19-6-4-3-5-7-19)15-16-8-10-17(11-9-16)18-12-20(23-2)14-21-13-18/h8-14,19H,3-7,15H2,1-2H3. The van der Waals surface area contributed by atoms with Gasteiger partial charge in [-0.1, -0.05) is 43.5 Å². The fourth-order valence-electron chi connectivity index (χ4n) is 3.43. The minimum absolute atomic E-state index is 0.756. The van der Waals surface area contributed by atoms with Gasteiger partial charge in [0.05, 0.1) is 13.3 Å². The van der Waals surface area contributed by atoms with Crippen molar-refractivity contribution in [2.75, 3.05) is 14.2 Å². The third kappa shape index (κ3) is 4.11. The van der Waals surface area contributed by atoms with E-state index in [1.54, 1.807) is 13.3 Å². The summed E-state index contributed by atoms with van der Waals surface area (Å²) < 4.78 is 5.25. The molecule has 3 heteroatoms. The predicted octanol–water partition coefficient (Wildman–Crippen LogP) is 4.52. The summed E-state index contributed by atoms with van der Waals surface area (Å²) in [6.45, 7) is 1.03. The smallest absolute Gasteiger partial charge is 0.137 e. The van der Waals surface area contributed by atoms with Crippen molar-refractivity contribution in [2.45, 2.75) is 44.7 Å². The number of nitrogens with zero attached hydrogens (tertiary/aromatic N) is 2. The molecular weight excluding hydrogens is 284 g/mol. The molecule has 0 bridgehead atoms. The van der Waals surface area contributed by atoms with Crippen LogP contribution in [0, 0.1) is 0 Å². The van der Waals surface area contributed by atoms with Crippen molar-refractivity contribution in [1.82, 2.24) is 9.88 Å². The molecule has 122 valence electrons. The van der Waals surface area contributed by atoms with E-state index in [4.69, 9.17) is 4.74 Å². The maximum absolute atomic E-state index is 5.25. The molecule has 23 heavy (non-hydrogen) atoms. The summed E-state index contributed by atoms with van der Waals surface area (Å²) in [5.74, 6) is 0.795. The Morgan fingerprint density at radius 2 is 1.78 bits per heavy atom. The average molecular weight is 310 g/mol. The first-order valence-corrected chi connectivity index (χ1v) is 8.55. The third-order valence-electron chi connectivity index (χ3n) is 4.87. The van der Waals surface area contributed by atoms with Crippen molar-refractivity contribution < 1.29 is 4.74 Å². The summed E-state index contributed by atoms with van der Waals surface area (Å²) in [5, 5.41) is 0. The maximum Gasteiger partial charge on any atom is 0.137 e. The number of hydrogen-bond donors (Lipinski definition) is 0. The minimum Gasteiger partial charge on any atom is -0.495 e. The molecule has 0 unspecified atom stereocenters. The van der Waals surface area contributed by atoms with Crippen LogP contribution in [0.3, 0.4) is 0 Å². The van der Waals surface area contributed by atoms with Crippen LogP contribution in [-0.2, 0) is 6.54 Å². The van der Waals surface area contributed by atoms with Gasteiger partial charge in [-0.15, -0.1) is 0 Å². The number of methoxy groups -OCH3 is 1. The topological polar surface area (TPSA) is 25.4 Å². The Balaban J connectivity index is 1.66. The molecule has 1 fully saturated rings. The van der Waals surface area contributed by atoms with Gasteiger partial charge in [0.25, 0.3) is 0 Å². The lowest BCUT2D eigenvalue weighted by molar-refractivity contribution is 0.184. The Hall–Kier alpha value is -1.87. The van der Waals surface area contributed by atoms with Gasteiger partial charge in [0.1, 0.15) is 5.75 Å². The summed E-state index contributed by atoms with van der Waals surface area (Å²) in [5.41, 5.74) is 3.65. The molecule has 0 N–H and O–H groups in total. The van der Waals surface area contributed by atoms with Crippen molar-refractivity contribution in [1.29, 1.82) is 0 Å². The van der Waals surface area contributed by atoms with Gasteiger partial charge in [0.2, 0.25) is 0 Å². The van der Waals surface area contributed by atoms with Crippen LogP contribution < -0.4 is 4.74 Å². The molecule has 1 aliphatic carbocycles. The van der Waals surface area contributed by atoms with E-state index in [2.05, 4.69) is 41.2 Å². The molecule has 1 heterocycles. The molecule has 0 radical (unpaired) electrons. The SMILES string of the molecule is COc1cncc(-c2ccc(CN(C)C3CCCCC3)cc2)c1. The highest BCUT2D eigenvalue weighted by Crippen LogP contribution is 2.25. The monoisotopic (exact) mass is 310 g/mol. The van der Waals surface area contributed by atoms with E-state index in [9.17, 15) is 0 Å². The second-order valence-electron chi connectivity index (χ2n) is 6.52. The maximum atomic E-state index is 5.25. The normalized spacial score (nSPS) is 15.8. The van der Waals surface area contributed by atoms with Gasteiger partial charge in [-0.3, -0.25) is 9.88 Å². The van der Waals surface area contributed by atoms with Crippen LogP contribution in [0.25, 0.3) is 11.1 Å². The quantitative estimate of drug-likeness (QED) is 0.812. The first-order valence-electron chi connectivity index (χ1n) is 8.55. The van der Waals surface area contributed by atoms with Gasteiger partial charge in [0.15, 0.2) is 0 Å². The number of hydrogen-bond acceptors (Lipinski definition) is 3. The number of rotatable bonds is 5. The van der Waals surface area contributed by atoms with Gasteiger partial charge in [-0.2, -0.15) is 0 Å². The largest absolute Gasteiger partial charge is 0.495 e. The molecule has 3 rings (SSSR count). The van der Waals surface area contributed by atoms with E-state index in [0.29, 0.717) is 0 Å². The highest BCUT2D eigenvalue weighted by molar-refractivity contribution is 5.64. The van der Waals surface area contributed by atoms with Crippen LogP contribution in [0.5, 0.6) is 5.75 Å². The molecule has 1 aromatic heterocycles. The molecule has 0 aliphatic heterocycles. The van der Waals surface area contributed by atoms with Gasteiger partial charge in [-0.25, -0.2) is 0 Å². The van der Waals surface area contributed by atoms with E-state index in [1.807, 2.05) is 12.3 Å². The Kier molecular flexibility index (Phi) is 5.29. The molecule has 3 nitrogen and oxygen atoms in total. The first kappa shape index (κ1) is 16.0. The molecule has 1 aromatic carbocycles. The van der Waals surface area contributed by atoms with Crippen LogP contribution >= 0.6 is 0 Å². The third-order valence-corrected chi connectivity index (χ3v) is 4.87. The molecule has 1 saturated carbocycles. The van der Waals surface area contributed by atoms with Gasteiger partial charge in [0, 0.05) is 24.3 Å². The minimum atomic E-state index is 0.756. The van der Waals surface area contributed by atoms with Crippen LogP contribution in [0.2, 0.25) is 0 Å². The van der Waals surface area contributed by atoms with Gasteiger partial charge < -0.3 is 4.74 Å². The van der Waals surface area contributed by atoms with E-state index in [1.165, 1.54) is 43.2 Å². The molecule has 0 spiro atoms. The van der Waals surface area contributed by atoms with Crippen LogP contribution in [0.1, 0.15) is 37.7 Å². The van der Waals surface area contributed by atoms with Crippen LogP contribution in [0.4, 0.5) is 0 Å². The summed E-state index contributed by atoms with van der Waals surface area (Å²) >= 11 is 0. The lowest BCUT2D eigenvalue weighted by atomic mass is 9.94. The number of pyridine rings is 1. The Morgan fingerprint density at radius 1 is 1.04 bits per heavy atom. The molecular formula is C20H26N2O. The second-order valence-corrected chi connectivity index (χ2v) is 6.52. The lowest BCUT2D eigenvalue weighted by Crippen LogP contribution is -2.32. The Morgan fingerprint density at radius 3 is 2.48 bits per heavy atom. The lowest BCUT2D eigenvalue weighted by Gasteiger charge is -2.31. The van der Waals surface area contributed by atoms with Crippen molar-refractivity contribution >= 4 is 0 Å². The number of benzene rings is 1.